The lowest BCUT2D eigenvalue weighted by Gasteiger charge is -2.26. The van der Waals surface area contributed by atoms with Gasteiger partial charge in [-0.15, -0.1) is 0 Å². The van der Waals surface area contributed by atoms with Crippen LogP contribution < -0.4 is 5.32 Å². The summed E-state index contributed by atoms with van der Waals surface area (Å²) in [4.78, 5) is 10.8. The highest BCUT2D eigenvalue weighted by Crippen LogP contribution is 2.24. The highest BCUT2D eigenvalue weighted by Gasteiger charge is 2.25. The van der Waals surface area contributed by atoms with Gasteiger partial charge in [0.15, 0.2) is 0 Å². The molecule has 0 aromatic carbocycles. The standard InChI is InChI=1S/C12H23NO4S/c1-2-18(16,17)9-3-8-13-11-6-4-10(5-7-11)12(14)15/h10-11,13H,2-9H2,1H3,(H,14,15). The van der Waals surface area contributed by atoms with Crippen molar-refractivity contribution in [1.29, 1.82) is 0 Å². The van der Waals surface area contributed by atoms with E-state index in [9.17, 15) is 13.2 Å². The van der Waals surface area contributed by atoms with E-state index in [-0.39, 0.29) is 17.4 Å². The normalized spacial score (nSPS) is 24.9. The van der Waals surface area contributed by atoms with Crippen molar-refractivity contribution in [2.45, 2.75) is 45.1 Å². The predicted molar refractivity (Wildman–Crippen MR) is 70.3 cm³/mol. The summed E-state index contributed by atoms with van der Waals surface area (Å²) in [6.07, 6.45) is 3.82. The van der Waals surface area contributed by atoms with Crippen LogP contribution in [0.4, 0.5) is 0 Å². The van der Waals surface area contributed by atoms with Gasteiger partial charge in [-0.25, -0.2) is 8.42 Å². The van der Waals surface area contributed by atoms with Crippen molar-refractivity contribution < 1.29 is 18.3 Å². The molecule has 5 nitrogen and oxygen atoms in total. The van der Waals surface area contributed by atoms with Crippen LogP contribution in [-0.4, -0.2) is 43.6 Å². The number of aliphatic carboxylic acids is 1. The molecule has 0 bridgehead atoms. The van der Waals surface area contributed by atoms with Crippen molar-refractivity contribution in [2.24, 2.45) is 5.92 Å². The number of sulfone groups is 1. The molecule has 1 saturated carbocycles. The molecule has 0 spiro atoms. The number of hydrogen-bond donors (Lipinski definition) is 2. The maximum atomic E-state index is 11.3. The van der Waals surface area contributed by atoms with Crippen LogP contribution in [0, 0.1) is 5.92 Å². The summed E-state index contributed by atoms with van der Waals surface area (Å²) in [6.45, 7) is 2.36. The molecule has 0 atom stereocenters. The van der Waals surface area contributed by atoms with Crippen molar-refractivity contribution in [3.05, 3.63) is 0 Å². The first-order chi connectivity index (χ1) is 8.44. The Hall–Kier alpha value is -0.620. The Morgan fingerprint density at radius 1 is 1.28 bits per heavy atom. The SMILES string of the molecule is CCS(=O)(=O)CCCNC1CCC(C(=O)O)CC1. The molecule has 1 aliphatic rings. The van der Waals surface area contributed by atoms with Gasteiger partial charge in [-0.05, 0) is 38.6 Å². The molecule has 0 aromatic rings. The van der Waals surface area contributed by atoms with Crippen LogP contribution >= 0.6 is 0 Å². The van der Waals surface area contributed by atoms with Gasteiger partial charge in [-0.3, -0.25) is 4.79 Å². The first-order valence-corrected chi connectivity index (χ1v) is 8.43. The van der Waals surface area contributed by atoms with Crippen LogP contribution in [0.5, 0.6) is 0 Å². The monoisotopic (exact) mass is 277 g/mol. The van der Waals surface area contributed by atoms with E-state index >= 15 is 0 Å². The van der Waals surface area contributed by atoms with Gasteiger partial charge < -0.3 is 10.4 Å². The molecule has 0 saturated heterocycles. The van der Waals surface area contributed by atoms with Crippen LogP contribution in [-0.2, 0) is 14.6 Å². The van der Waals surface area contributed by atoms with Gasteiger partial charge in [0.1, 0.15) is 9.84 Å². The first-order valence-electron chi connectivity index (χ1n) is 6.61. The molecule has 106 valence electrons. The van der Waals surface area contributed by atoms with E-state index < -0.39 is 15.8 Å². The molecular formula is C12H23NO4S. The Morgan fingerprint density at radius 2 is 1.89 bits per heavy atom. The summed E-state index contributed by atoms with van der Waals surface area (Å²) >= 11 is 0. The molecule has 1 rings (SSSR count). The van der Waals surface area contributed by atoms with Gasteiger partial charge in [-0.2, -0.15) is 0 Å². The molecule has 18 heavy (non-hydrogen) atoms. The fourth-order valence-corrected chi connectivity index (χ4v) is 3.16. The Morgan fingerprint density at radius 3 is 2.39 bits per heavy atom. The summed E-state index contributed by atoms with van der Waals surface area (Å²) in [5.41, 5.74) is 0. The van der Waals surface area contributed by atoms with Crippen LogP contribution in [0.25, 0.3) is 0 Å². The minimum absolute atomic E-state index is 0.191. The molecule has 6 heteroatoms. The van der Waals surface area contributed by atoms with Crippen molar-refractivity contribution in [3.63, 3.8) is 0 Å². The smallest absolute Gasteiger partial charge is 0.306 e. The predicted octanol–water partition coefficient (Wildman–Crippen LogP) is 1.04. The van der Waals surface area contributed by atoms with Crippen LogP contribution in [0.3, 0.4) is 0 Å². The second-order valence-corrected chi connectivity index (χ2v) is 7.40. The summed E-state index contributed by atoms with van der Waals surface area (Å²) in [5, 5.41) is 12.2. The van der Waals surface area contributed by atoms with Crippen molar-refractivity contribution in [1.82, 2.24) is 5.32 Å². The van der Waals surface area contributed by atoms with E-state index in [1.165, 1.54) is 0 Å². The second kappa shape index (κ2) is 7.09. The highest BCUT2D eigenvalue weighted by molar-refractivity contribution is 7.91. The van der Waals surface area contributed by atoms with Gasteiger partial charge in [0.05, 0.1) is 11.7 Å². The average molecular weight is 277 g/mol. The number of carbonyl (C=O) groups is 1. The third-order valence-corrected chi connectivity index (χ3v) is 5.37. The fraction of sp³-hybridized carbons (Fsp3) is 0.917. The van der Waals surface area contributed by atoms with Crippen LogP contribution in [0.2, 0.25) is 0 Å². The summed E-state index contributed by atoms with van der Waals surface area (Å²) in [6, 6.07) is 0.352. The van der Waals surface area contributed by atoms with Crippen molar-refractivity contribution in [2.75, 3.05) is 18.1 Å². The average Bonchev–Trinajstić information content (AvgIpc) is 2.35. The zero-order chi connectivity index (χ0) is 13.6. The molecule has 0 radical (unpaired) electrons. The number of rotatable bonds is 7. The lowest BCUT2D eigenvalue weighted by molar-refractivity contribution is -0.142. The molecular weight excluding hydrogens is 254 g/mol. The van der Waals surface area contributed by atoms with Crippen molar-refractivity contribution >= 4 is 15.8 Å². The zero-order valence-electron chi connectivity index (χ0n) is 10.9. The molecule has 1 fully saturated rings. The lowest BCUT2D eigenvalue weighted by Crippen LogP contribution is -2.35. The van der Waals surface area contributed by atoms with Gasteiger partial charge >= 0.3 is 5.97 Å². The number of carboxylic acid groups (broad SMARTS) is 1. The molecule has 0 aliphatic heterocycles. The van der Waals surface area contributed by atoms with Gasteiger partial charge in [0, 0.05) is 11.8 Å². The van der Waals surface area contributed by atoms with Gasteiger partial charge in [0.25, 0.3) is 0 Å². The van der Waals surface area contributed by atoms with Gasteiger partial charge in [-0.1, -0.05) is 6.92 Å². The Labute approximate surface area is 109 Å². The van der Waals surface area contributed by atoms with Crippen LogP contribution in [0.15, 0.2) is 0 Å². The number of hydrogen-bond acceptors (Lipinski definition) is 4. The lowest BCUT2D eigenvalue weighted by atomic mass is 9.86. The highest BCUT2D eigenvalue weighted by atomic mass is 32.2. The first kappa shape index (κ1) is 15.4. The minimum Gasteiger partial charge on any atom is -0.481 e. The zero-order valence-corrected chi connectivity index (χ0v) is 11.7. The van der Waals surface area contributed by atoms with E-state index in [0.29, 0.717) is 19.0 Å². The minimum atomic E-state index is -2.86. The number of nitrogens with one attached hydrogen (secondary N) is 1. The Kier molecular flexibility index (Phi) is 6.08. The summed E-state index contributed by atoms with van der Waals surface area (Å²) < 4.78 is 22.6. The summed E-state index contributed by atoms with van der Waals surface area (Å²) in [5.74, 6) is -0.441. The van der Waals surface area contributed by atoms with E-state index in [1.807, 2.05) is 0 Å². The van der Waals surface area contributed by atoms with E-state index in [0.717, 1.165) is 25.7 Å². The maximum Gasteiger partial charge on any atom is 0.306 e. The maximum absolute atomic E-state index is 11.3. The third-order valence-electron chi connectivity index (χ3n) is 3.58. The van der Waals surface area contributed by atoms with E-state index in [1.54, 1.807) is 6.92 Å². The largest absolute Gasteiger partial charge is 0.481 e. The van der Waals surface area contributed by atoms with Gasteiger partial charge in [0.2, 0.25) is 0 Å². The van der Waals surface area contributed by atoms with E-state index in [2.05, 4.69) is 5.32 Å². The molecule has 0 unspecified atom stereocenters. The molecule has 0 aromatic heterocycles. The Bertz CT molecular complexity index is 358. The molecule has 1 aliphatic carbocycles. The van der Waals surface area contributed by atoms with Crippen LogP contribution in [0.1, 0.15) is 39.0 Å². The topological polar surface area (TPSA) is 83.5 Å². The molecule has 0 amide bonds. The van der Waals surface area contributed by atoms with Crippen molar-refractivity contribution in [3.8, 4) is 0 Å². The second-order valence-electron chi connectivity index (χ2n) is 4.93. The van der Waals surface area contributed by atoms with E-state index in [4.69, 9.17) is 5.11 Å². The quantitative estimate of drug-likeness (QED) is 0.679. The molecule has 0 heterocycles. The number of carboxylic acids is 1. The third kappa shape index (κ3) is 5.35. The fourth-order valence-electron chi connectivity index (χ4n) is 2.29. The Balaban J connectivity index is 2.13. The molecule has 2 N–H and O–H groups in total. The summed E-state index contributed by atoms with van der Waals surface area (Å²) in [7, 11) is -2.86.